The quantitative estimate of drug-likeness (QED) is 0.780. The summed E-state index contributed by atoms with van der Waals surface area (Å²) < 4.78 is 0. The molecule has 0 amide bonds. The topological polar surface area (TPSA) is 29.3 Å². The van der Waals surface area contributed by atoms with Crippen molar-refractivity contribution < 1.29 is 0 Å². The molecule has 2 heteroatoms. The molecule has 1 heterocycles. The van der Waals surface area contributed by atoms with Crippen molar-refractivity contribution in [1.82, 2.24) is 4.90 Å². The normalized spacial score (nSPS) is 36.0. The van der Waals surface area contributed by atoms with E-state index >= 15 is 0 Å². The fourth-order valence-corrected chi connectivity index (χ4v) is 4.05. The summed E-state index contributed by atoms with van der Waals surface area (Å²) in [5.74, 6) is 1.75. The smallest absolute Gasteiger partial charge is 0.0135 e. The molecule has 2 nitrogen and oxygen atoms in total. The third-order valence-electron chi connectivity index (χ3n) is 5.35. The Bertz CT molecular complexity index is 229. The lowest BCUT2D eigenvalue weighted by Crippen LogP contribution is -2.43. The molecule has 1 saturated carbocycles. The van der Waals surface area contributed by atoms with Crippen LogP contribution in [0.5, 0.6) is 0 Å². The first-order chi connectivity index (χ1) is 8.85. The zero-order valence-electron chi connectivity index (χ0n) is 12.2. The summed E-state index contributed by atoms with van der Waals surface area (Å²) in [6.45, 7) is 5.92. The van der Waals surface area contributed by atoms with Gasteiger partial charge >= 0.3 is 0 Å². The van der Waals surface area contributed by atoms with Crippen molar-refractivity contribution in [1.29, 1.82) is 0 Å². The fraction of sp³-hybridized carbons (Fsp3) is 1.00. The predicted octanol–water partition coefficient (Wildman–Crippen LogP) is 3.41. The largest absolute Gasteiger partial charge is 0.330 e. The molecule has 0 aromatic carbocycles. The molecule has 1 aliphatic heterocycles. The van der Waals surface area contributed by atoms with Crippen molar-refractivity contribution >= 4 is 0 Å². The minimum absolute atomic E-state index is 0.769. The zero-order chi connectivity index (χ0) is 12.8. The van der Waals surface area contributed by atoms with Gasteiger partial charge in [-0.05, 0) is 63.6 Å². The molecule has 0 aromatic rings. The van der Waals surface area contributed by atoms with E-state index in [1.807, 2.05) is 0 Å². The van der Waals surface area contributed by atoms with Gasteiger partial charge in [-0.25, -0.2) is 0 Å². The molecule has 2 fully saturated rings. The molecule has 3 unspecified atom stereocenters. The number of hydrogen-bond acceptors (Lipinski definition) is 2. The lowest BCUT2D eigenvalue weighted by molar-refractivity contribution is 0.138. The lowest BCUT2D eigenvalue weighted by Gasteiger charge is -2.35. The zero-order valence-corrected chi connectivity index (χ0v) is 12.2. The van der Waals surface area contributed by atoms with Gasteiger partial charge in [0.1, 0.15) is 0 Å². The van der Waals surface area contributed by atoms with Crippen LogP contribution in [-0.4, -0.2) is 30.6 Å². The monoisotopic (exact) mass is 252 g/mol. The van der Waals surface area contributed by atoms with Gasteiger partial charge in [0, 0.05) is 6.04 Å². The Hall–Kier alpha value is -0.0800. The van der Waals surface area contributed by atoms with Gasteiger partial charge in [-0.15, -0.1) is 0 Å². The van der Waals surface area contributed by atoms with Crippen molar-refractivity contribution in [3.63, 3.8) is 0 Å². The van der Waals surface area contributed by atoms with E-state index in [4.69, 9.17) is 5.73 Å². The Balaban J connectivity index is 1.94. The number of rotatable bonds is 3. The molecule has 0 bridgehead atoms. The summed E-state index contributed by atoms with van der Waals surface area (Å²) >= 11 is 0. The third kappa shape index (κ3) is 3.71. The van der Waals surface area contributed by atoms with Crippen LogP contribution in [0.1, 0.15) is 64.7 Å². The molecule has 18 heavy (non-hydrogen) atoms. The predicted molar refractivity (Wildman–Crippen MR) is 78.6 cm³/mol. The number of hydrogen-bond donors (Lipinski definition) is 1. The number of likely N-dealkylation sites (tertiary alicyclic amines) is 1. The summed E-state index contributed by atoms with van der Waals surface area (Å²) in [5.41, 5.74) is 6.04. The van der Waals surface area contributed by atoms with E-state index in [1.165, 1.54) is 70.9 Å². The van der Waals surface area contributed by atoms with E-state index in [0.29, 0.717) is 0 Å². The third-order valence-corrected chi connectivity index (χ3v) is 5.35. The van der Waals surface area contributed by atoms with E-state index in [2.05, 4.69) is 11.8 Å². The van der Waals surface area contributed by atoms with Crippen LogP contribution in [0.3, 0.4) is 0 Å². The molecule has 1 saturated heterocycles. The summed E-state index contributed by atoms with van der Waals surface area (Å²) in [5, 5.41) is 0. The first-order valence-corrected chi connectivity index (χ1v) is 8.29. The number of nitrogens with two attached hydrogens (primary N) is 1. The van der Waals surface area contributed by atoms with E-state index < -0.39 is 0 Å². The maximum atomic E-state index is 6.04. The summed E-state index contributed by atoms with van der Waals surface area (Å²) in [4.78, 5) is 2.80. The molecule has 0 radical (unpaired) electrons. The van der Waals surface area contributed by atoms with Gasteiger partial charge in [-0.3, -0.25) is 0 Å². The van der Waals surface area contributed by atoms with Crippen LogP contribution in [0.15, 0.2) is 0 Å². The summed E-state index contributed by atoms with van der Waals surface area (Å²) in [7, 11) is 0. The molecule has 2 rings (SSSR count). The molecule has 0 spiro atoms. The Kier molecular flexibility index (Phi) is 5.97. The standard InChI is InChI=1S/C16H32N2/c1-2-14-7-6-11-18(12-10-14)16-9-5-3-4-8-15(16)13-17/h14-16H,2-13,17H2,1H3. The molecule has 106 valence electrons. The van der Waals surface area contributed by atoms with E-state index in [-0.39, 0.29) is 0 Å². The molecule has 2 aliphatic rings. The second-order valence-electron chi connectivity index (χ2n) is 6.44. The Morgan fingerprint density at radius 2 is 1.78 bits per heavy atom. The van der Waals surface area contributed by atoms with Gasteiger partial charge in [0.2, 0.25) is 0 Å². The highest BCUT2D eigenvalue weighted by Gasteiger charge is 2.29. The average molecular weight is 252 g/mol. The highest BCUT2D eigenvalue weighted by Crippen LogP contribution is 2.30. The van der Waals surface area contributed by atoms with Crippen molar-refractivity contribution in [2.45, 2.75) is 70.8 Å². The molecule has 3 atom stereocenters. The molecule has 2 N–H and O–H groups in total. The minimum atomic E-state index is 0.769. The SMILES string of the molecule is CCC1CCCN(C2CCCCCC2CN)CC1. The molecular weight excluding hydrogens is 220 g/mol. The molecule has 1 aliphatic carbocycles. The summed E-state index contributed by atoms with van der Waals surface area (Å²) in [6.07, 6.45) is 12.7. The van der Waals surface area contributed by atoms with Crippen LogP contribution in [0.4, 0.5) is 0 Å². The van der Waals surface area contributed by atoms with E-state index in [0.717, 1.165) is 24.4 Å². The van der Waals surface area contributed by atoms with Gasteiger partial charge in [-0.2, -0.15) is 0 Å². The van der Waals surface area contributed by atoms with Crippen LogP contribution in [0.25, 0.3) is 0 Å². The lowest BCUT2D eigenvalue weighted by atomic mass is 9.93. The van der Waals surface area contributed by atoms with Gasteiger partial charge in [0.05, 0.1) is 0 Å². The average Bonchev–Trinajstić information content (AvgIpc) is 2.78. The van der Waals surface area contributed by atoms with Crippen LogP contribution in [0, 0.1) is 11.8 Å². The van der Waals surface area contributed by atoms with E-state index in [1.54, 1.807) is 0 Å². The van der Waals surface area contributed by atoms with Crippen LogP contribution in [0.2, 0.25) is 0 Å². The van der Waals surface area contributed by atoms with Crippen LogP contribution >= 0.6 is 0 Å². The maximum absolute atomic E-state index is 6.04. The van der Waals surface area contributed by atoms with Gasteiger partial charge in [-0.1, -0.05) is 32.6 Å². The first kappa shape index (κ1) is 14.3. The van der Waals surface area contributed by atoms with Crippen LogP contribution < -0.4 is 5.73 Å². The van der Waals surface area contributed by atoms with Crippen molar-refractivity contribution in [2.75, 3.05) is 19.6 Å². The van der Waals surface area contributed by atoms with Crippen molar-refractivity contribution in [3.05, 3.63) is 0 Å². The Labute approximate surface area is 113 Å². The molecular formula is C16H32N2. The maximum Gasteiger partial charge on any atom is 0.0135 e. The van der Waals surface area contributed by atoms with Gasteiger partial charge in [0.25, 0.3) is 0 Å². The van der Waals surface area contributed by atoms with Crippen molar-refractivity contribution in [3.8, 4) is 0 Å². The van der Waals surface area contributed by atoms with Crippen LogP contribution in [-0.2, 0) is 0 Å². The van der Waals surface area contributed by atoms with Gasteiger partial charge < -0.3 is 10.6 Å². The van der Waals surface area contributed by atoms with E-state index in [9.17, 15) is 0 Å². The highest BCUT2D eigenvalue weighted by atomic mass is 15.2. The summed E-state index contributed by atoms with van der Waals surface area (Å²) in [6, 6.07) is 0.799. The second-order valence-corrected chi connectivity index (χ2v) is 6.44. The first-order valence-electron chi connectivity index (χ1n) is 8.29. The highest BCUT2D eigenvalue weighted by molar-refractivity contribution is 4.84. The minimum Gasteiger partial charge on any atom is -0.330 e. The van der Waals surface area contributed by atoms with Gasteiger partial charge in [0.15, 0.2) is 0 Å². The molecule has 0 aromatic heterocycles. The Morgan fingerprint density at radius 1 is 0.944 bits per heavy atom. The second kappa shape index (κ2) is 7.49. The Morgan fingerprint density at radius 3 is 2.56 bits per heavy atom. The number of nitrogens with zero attached hydrogens (tertiary/aromatic N) is 1. The van der Waals surface area contributed by atoms with Crippen molar-refractivity contribution in [2.24, 2.45) is 17.6 Å². The fourth-order valence-electron chi connectivity index (χ4n) is 4.05.